The van der Waals surface area contributed by atoms with E-state index in [0.29, 0.717) is 24.4 Å². The van der Waals surface area contributed by atoms with E-state index in [-0.39, 0.29) is 23.9 Å². The molecule has 0 radical (unpaired) electrons. The van der Waals surface area contributed by atoms with E-state index in [9.17, 15) is 14.8 Å². The molecule has 2 N–H and O–H groups in total. The number of hydrogen-bond donors (Lipinski definition) is 2. The number of halogens is 1. The third kappa shape index (κ3) is 4.34. The van der Waals surface area contributed by atoms with Crippen LogP contribution in [0.3, 0.4) is 0 Å². The van der Waals surface area contributed by atoms with Gasteiger partial charge in [-0.15, -0.1) is 0 Å². The highest BCUT2D eigenvalue weighted by Crippen LogP contribution is 2.27. The number of aliphatic hydroxyl groups is 1. The van der Waals surface area contributed by atoms with Crippen LogP contribution in [0.2, 0.25) is 0 Å². The fourth-order valence-electron chi connectivity index (χ4n) is 2.95. The molecule has 0 saturated heterocycles. The average molecular weight is 374 g/mol. The van der Waals surface area contributed by atoms with E-state index in [4.69, 9.17) is 4.74 Å². The summed E-state index contributed by atoms with van der Waals surface area (Å²) in [6, 6.07) is 2.18. The first-order chi connectivity index (χ1) is 12.8. The van der Waals surface area contributed by atoms with Gasteiger partial charge in [-0.05, 0) is 46.0 Å². The lowest BCUT2D eigenvalue weighted by atomic mass is 10.1. The lowest BCUT2D eigenvalue weighted by Crippen LogP contribution is -2.24. The summed E-state index contributed by atoms with van der Waals surface area (Å²) in [5.74, 6) is -0.400. The Kier molecular flexibility index (Phi) is 5.28. The van der Waals surface area contributed by atoms with Gasteiger partial charge in [0, 0.05) is 0 Å². The van der Waals surface area contributed by atoms with Crippen molar-refractivity contribution in [2.24, 2.45) is 5.92 Å². The molecule has 2 heterocycles. The summed E-state index contributed by atoms with van der Waals surface area (Å²) < 4.78 is 21.0. The second-order valence-electron chi connectivity index (χ2n) is 7.36. The van der Waals surface area contributed by atoms with Gasteiger partial charge in [0.15, 0.2) is 0 Å². The number of nitriles is 1. The maximum atomic E-state index is 14.0. The Labute approximate surface area is 157 Å². The molecule has 27 heavy (non-hydrogen) atoms. The quantitative estimate of drug-likeness (QED) is 0.800. The number of aryl methyl sites for hydroxylation is 1. The third-order valence-corrected chi connectivity index (χ3v) is 4.67. The third-order valence-electron chi connectivity index (χ3n) is 4.67. The van der Waals surface area contributed by atoms with E-state index in [1.165, 1.54) is 0 Å². The van der Waals surface area contributed by atoms with Gasteiger partial charge < -0.3 is 15.2 Å². The highest BCUT2D eigenvalue weighted by atomic mass is 19.1. The summed E-state index contributed by atoms with van der Waals surface area (Å²) in [5.41, 5.74) is 0.484. The van der Waals surface area contributed by atoms with Gasteiger partial charge in [-0.1, -0.05) is 0 Å². The Balaban J connectivity index is 1.72. The summed E-state index contributed by atoms with van der Waals surface area (Å²) in [6.45, 7) is 5.60. The van der Waals surface area contributed by atoms with Crippen LogP contribution < -0.4 is 10.1 Å². The molecule has 8 nitrogen and oxygen atoms in total. The van der Waals surface area contributed by atoms with Gasteiger partial charge in [-0.3, -0.25) is 4.68 Å². The van der Waals surface area contributed by atoms with Crippen LogP contribution in [-0.4, -0.2) is 37.6 Å². The first kappa shape index (κ1) is 19.0. The topological polar surface area (TPSA) is 109 Å². The molecule has 2 aromatic heterocycles. The van der Waals surface area contributed by atoms with Crippen LogP contribution in [-0.2, 0) is 5.54 Å². The number of anilines is 2. The predicted molar refractivity (Wildman–Crippen MR) is 96.0 cm³/mol. The predicted octanol–water partition coefficient (Wildman–Crippen LogP) is 2.66. The number of rotatable bonds is 6. The number of hydrogen-bond acceptors (Lipinski definition) is 7. The van der Waals surface area contributed by atoms with Crippen molar-refractivity contribution in [3.63, 3.8) is 0 Å². The summed E-state index contributed by atoms with van der Waals surface area (Å²) in [5, 5.41) is 26.1. The largest absolute Gasteiger partial charge is 0.475 e. The summed E-state index contributed by atoms with van der Waals surface area (Å²) in [4.78, 5) is 8.04. The minimum Gasteiger partial charge on any atom is -0.475 e. The molecule has 2 unspecified atom stereocenters. The number of aliphatic hydroxyl groups excluding tert-OH is 1. The minimum absolute atomic E-state index is 0.128. The maximum absolute atomic E-state index is 14.0. The van der Waals surface area contributed by atoms with Crippen molar-refractivity contribution in [1.29, 1.82) is 5.26 Å². The van der Waals surface area contributed by atoms with Crippen LogP contribution in [0, 0.1) is 30.0 Å². The van der Waals surface area contributed by atoms with Crippen molar-refractivity contribution < 1.29 is 14.2 Å². The van der Waals surface area contributed by atoms with Crippen molar-refractivity contribution in [3.8, 4) is 11.9 Å². The zero-order valence-electron chi connectivity index (χ0n) is 15.6. The molecule has 0 aliphatic heterocycles. The molecule has 144 valence electrons. The summed E-state index contributed by atoms with van der Waals surface area (Å²) in [7, 11) is 0. The molecule has 1 fully saturated rings. The van der Waals surface area contributed by atoms with Gasteiger partial charge >= 0.3 is 0 Å². The number of nitrogens with one attached hydrogen (secondary N) is 1. The molecule has 1 aliphatic carbocycles. The van der Waals surface area contributed by atoms with Crippen LogP contribution in [0.1, 0.15) is 38.8 Å². The van der Waals surface area contributed by atoms with E-state index in [1.807, 2.05) is 0 Å². The number of aromatic nitrogens is 4. The van der Waals surface area contributed by atoms with Gasteiger partial charge in [0.25, 0.3) is 5.88 Å². The molecule has 0 amide bonds. The van der Waals surface area contributed by atoms with Crippen LogP contribution >= 0.6 is 0 Å². The molecular weight excluding hydrogens is 351 g/mol. The molecule has 0 aromatic carbocycles. The SMILES string of the molecule is Cc1nn(C(C)(C)C#N)cc1Nc1ncc(F)c(OCC2CCC(O)C2)n1. The van der Waals surface area contributed by atoms with E-state index in [2.05, 4.69) is 26.5 Å². The van der Waals surface area contributed by atoms with Crippen LogP contribution in [0.15, 0.2) is 12.4 Å². The maximum Gasteiger partial charge on any atom is 0.255 e. The average Bonchev–Trinajstić information content (AvgIpc) is 3.21. The molecule has 1 aliphatic rings. The van der Waals surface area contributed by atoms with Gasteiger partial charge in [0.1, 0.15) is 5.54 Å². The van der Waals surface area contributed by atoms with Crippen molar-refractivity contribution in [2.75, 3.05) is 11.9 Å². The Morgan fingerprint density at radius 2 is 2.26 bits per heavy atom. The second-order valence-corrected chi connectivity index (χ2v) is 7.36. The van der Waals surface area contributed by atoms with E-state index in [1.54, 1.807) is 31.6 Å². The van der Waals surface area contributed by atoms with Crippen molar-refractivity contribution in [2.45, 2.75) is 51.7 Å². The highest BCUT2D eigenvalue weighted by Gasteiger charge is 2.24. The second kappa shape index (κ2) is 7.48. The molecular formula is C18H23FN6O2. The fourth-order valence-corrected chi connectivity index (χ4v) is 2.95. The van der Waals surface area contributed by atoms with Crippen LogP contribution in [0.5, 0.6) is 5.88 Å². The van der Waals surface area contributed by atoms with Gasteiger partial charge in [-0.2, -0.15) is 19.7 Å². The number of nitrogens with zero attached hydrogens (tertiary/aromatic N) is 5. The Hall–Kier alpha value is -2.73. The molecule has 0 spiro atoms. The zero-order chi connectivity index (χ0) is 19.6. The standard InChI is InChI=1S/C18H23FN6O2/c1-11-15(8-25(24-11)18(2,3)10-20)22-17-21-7-14(19)16(23-17)27-9-12-4-5-13(26)6-12/h7-8,12-13,26H,4-6,9H2,1-3H3,(H,21,22,23). The Bertz CT molecular complexity index is 860. The minimum atomic E-state index is -0.797. The Morgan fingerprint density at radius 1 is 1.48 bits per heavy atom. The lowest BCUT2D eigenvalue weighted by Gasteiger charge is -2.15. The van der Waals surface area contributed by atoms with Crippen LogP contribution in [0.4, 0.5) is 16.0 Å². The molecule has 3 rings (SSSR count). The Morgan fingerprint density at radius 3 is 2.93 bits per heavy atom. The van der Waals surface area contributed by atoms with E-state index < -0.39 is 11.4 Å². The molecule has 2 atom stereocenters. The molecule has 0 bridgehead atoms. The summed E-state index contributed by atoms with van der Waals surface area (Å²) in [6.07, 6.45) is 4.69. The smallest absolute Gasteiger partial charge is 0.255 e. The first-order valence-corrected chi connectivity index (χ1v) is 8.87. The van der Waals surface area contributed by atoms with Crippen molar-refractivity contribution in [1.82, 2.24) is 19.7 Å². The normalized spacial score (nSPS) is 19.7. The van der Waals surface area contributed by atoms with E-state index >= 15 is 0 Å². The monoisotopic (exact) mass is 374 g/mol. The van der Waals surface area contributed by atoms with Crippen molar-refractivity contribution >= 4 is 11.6 Å². The molecule has 2 aromatic rings. The highest BCUT2D eigenvalue weighted by molar-refractivity contribution is 5.55. The zero-order valence-corrected chi connectivity index (χ0v) is 15.6. The van der Waals surface area contributed by atoms with E-state index in [0.717, 1.165) is 19.0 Å². The van der Waals surface area contributed by atoms with Gasteiger partial charge in [0.2, 0.25) is 11.8 Å². The van der Waals surface area contributed by atoms with Gasteiger partial charge in [-0.25, -0.2) is 4.98 Å². The fraction of sp³-hybridized carbons (Fsp3) is 0.556. The van der Waals surface area contributed by atoms with Gasteiger partial charge in [0.05, 0.1) is 42.6 Å². The summed E-state index contributed by atoms with van der Waals surface area (Å²) >= 11 is 0. The molecule has 9 heteroatoms. The lowest BCUT2D eigenvalue weighted by molar-refractivity contribution is 0.165. The molecule has 1 saturated carbocycles. The van der Waals surface area contributed by atoms with Crippen molar-refractivity contribution in [3.05, 3.63) is 23.9 Å². The van der Waals surface area contributed by atoms with Crippen LogP contribution in [0.25, 0.3) is 0 Å². The first-order valence-electron chi connectivity index (χ1n) is 8.87. The number of ether oxygens (including phenoxy) is 1.